The first-order chi connectivity index (χ1) is 31.8. The summed E-state index contributed by atoms with van der Waals surface area (Å²) in [5.41, 5.74) is 5.52. The molecule has 0 aliphatic rings. The van der Waals surface area contributed by atoms with E-state index in [1.165, 1.54) is 0 Å². The van der Waals surface area contributed by atoms with Gasteiger partial charge >= 0.3 is 0 Å². The third-order valence-electron chi connectivity index (χ3n) is 9.85. The lowest BCUT2D eigenvalue weighted by Gasteiger charge is -2.13. The Kier molecular flexibility index (Phi) is 5.03. The Bertz CT molecular complexity index is 3870. The summed E-state index contributed by atoms with van der Waals surface area (Å²) in [5.74, 6) is 1.34. The molecule has 4 nitrogen and oxygen atoms in total. The zero-order valence-corrected chi connectivity index (χ0v) is 28.8. The molecule has 256 valence electrons. The van der Waals surface area contributed by atoms with Gasteiger partial charge in [0, 0.05) is 27.5 Å². The fourth-order valence-corrected chi connectivity index (χ4v) is 7.21. The summed E-state index contributed by atoms with van der Waals surface area (Å²) < 4.78 is 104. The van der Waals surface area contributed by atoms with Gasteiger partial charge in [0.05, 0.1) is 15.1 Å². The number of fused-ring (bicyclic) bond motifs is 9. The molecule has 0 fully saturated rings. The monoisotopic (exact) mass is 712 g/mol. The predicted octanol–water partition coefficient (Wildman–Crippen LogP) is 13.6. The van der Waals surface area contributed by atoms with Crippen molar-refractivity contribution in [3.8, 4) is 56.4 Å². The van der Waals surface area contributed by atoms with Crippen molar-refractivity contribution < 1.29 is 19.5 Å². The van der Waals surface area contributed by atoms with E-state index in [-0.39, 0.29) is 50.0 Å². The lowest BCUT2D eigenvalue weighted by atomic mass is 9.91. The van der Waals surface area contributed by atoms with E-state index in [2.05, 4.69) is 0 Å². The summed E-state index contributed by atoms with van der Waals surface area (Å²) >= 11 is 0. The average Bonchev–Trinajstić information content (AvgIpc) is 3.73. The molecule has 2 aromatic heterocycles. The van der Waals surface area contributed by atoms with Gasteiger partial charge < -0.3 is 4.42 Å². The smallest absolute Gasteiger partial charge is 0.164 e. The van der Waals surface area contributed by atoms with Gasteiger partial charge in [-0.3, -0.25) is 0 Å². The number of hydrogen-bond acceptors (Lipinski definition) is 4. The highest BCUT2D eigenvalue weighted by Crippen LogP contribution is 2.38. The van der Waals surface area contributed by atoms with Gasteiger partial charge in [-0.2, -0.15) is 0 Å². The third-order valence-corrected chi connectivity index (χ3v) is 9.85. The predicted molar refractivity (Wildman–Crippen MR) is 227 cm³/mol. The molecule has 0 amide bonds. The standard InChI is InChI=1S/C51H31N3O/c1-2-12-32(13-3-1)49-52-50(54-51(53-49)38-25-27-45-44-22-8-9-23-47(44)55-48(45)31-38)37-17-11-16-35(29-37)33-14-10-15-34(28-33)36-24-26-43-41-20-5-4-18-39(41)40-19-6-7-21-42(40)46(43)30-36/h1-31H/i4D,5D,6D,7D,18D,19D,20D,21D,24D,26D,30D. The van der Waals surface area contributed by atoms with Gasteiger partial charge in [0.2, 0.25) is 0 Å². The van der Waals surface area contributed by atoms with E-state index in [1.54, 1.807) is 18.2 Å². The Morgan fingerprint density at radius 3 is 1.51 bits per heavy atom. The van der Waals surface area contributed by atoms with Gasteiger partial charge in [-0.25, -0.2) is 15.0 Å². The molecule has 0 saturated carbocycles. The van der Waals surface area contributed by atoms with Crippen LogP contribution in [0.25, 0.3) is 111 Å². The molecule has 0 aliphatic carbocycles. The molecule has 0 saturated heterocycles. The zero-order chi connectivity index (χ0) is 45.9. The second-order valence-corrected chi connectivity index (χ2v) is 13.1. The fraction of sp³-hybridized carbons (Fsp3) is 0. The van der Waals surface area contributed by atoms with E-state index >= 15 is 0 Å². The summed E-state index contributed by atoms with van der Waals surface area (Å²) in [6.45, 7) is 0. The minimum absolute atomic E-state index is 0.00966. The molecule has 0 aliphatic heterocycles. The molecular formula is C51H31N3O. The molecule has 2 heterocycles. The van der Waals surface area contributed by atoms with Crippen molar-refractivity contribution in [1.29, 1.82) is 0 Å². The van der Waals surface area contributed by atoms with Gasteiger partial charge in [-0.15, -0.1) is 0 Å². The molecular weight excluding hydrogens is 671 g/mol. The minimum atomic E-state index is -0.616. The number of nitrogens with zero attached hydrogens (tertiary/aromatic N) is 3. The van der Waals surface area contributed by atoms with Gasteiger partial charge in [0.15, 0.2) is 17.5 Å². The van der Waals surface area contributed by atoms with Crippen LogP contribution in [0.15, 0.2) is 192 Å². The van der Waals surface area contributed by atoms with E-state index in [0.29, 0.717) is 39.7 Å². The molecule has 55 heavy (non-hydrogen) atoms. The van der Waals surface area contributed by atoms with Crippen molar-refractivity contribution >= 4 is 54.3 Å². The summed E-state index contributed by atoms with van der Waals surface area (Å²) in [6, 6.07) is 32.3. The highest BCUT2D eigenvalue weighted by Gasteiger charge is 2.16. The number of aromatic nitrogens is 3. The van der Waals surface area contributed by atoms with Crippen molar-refractivity contribution in [1.82, 2.24) is 15.0 Å². The Morgan fingerprint density at radius 1 is 0.327 bits per heavy atom. The average molecular weight is 713 g/mol. The van der Waals surface area contributed by atoms with Gasteiger partial charge in [0.1, 0.15) is 11.2 Å². The first-order valence-corrected chi connectivity index (χ1v) is 17.6. The Balaban J connectivity index is 1.08. The highest BCUT2D eigenvalue weighted by molar-refractivity contribution is 6.25. The maximum Gasteiger partial charge on any atom is 0.164 e. The van der Waals surface area contributed by atoms with Crippen LogP contribution in [0, 0.1) is 0 Å². The Hall–Kier alpha value is -7.43. The quantitative estimate of drug-likeness (QED) is 0.167. The van der Waals surface area contributed by atoms with Crippen molar-refractivity contribution in [3.63, 3.8) is 0 Å². The maximum absolute atomic E-state index is 9.68. The summed E-state index contributed by atoms with van der Waals surface area (Å²) in [5, 5.41) is 0.960. The van der Waals surface area contributed by atoms with Crippen LogP contribution in [0.5, 0.6) is 0 Å². The first kappa shape index (κ1) is 21.9. The van der Waals surface area contributed by atoms with Gasteiger partial charge in [-0.1, -0.05) is 151 Å². The molecule has 0 atom stereocenters. The number of benzene rings is 9. The number of furan rings is 1. The molecule has 0 radical (unpaired) electrons. The summed E-state index contributed by atoms with van der Waals surface area (Å²) in [6.07, 6.45) is 0. The maximum atomic E-state index is 9.68. The third kappa shape index (κ3) is 5.34. The van der Waals surface area contributed by atoms with Crippen molar-refractivity contribution in [2.75, 3.05) is 0 Å². The van der Waals surface area contributed by atoms with Crippen LogP contribution in [-0.4, -0.2) is 15.0 Å². The minimum Gasteiger partial charge on any atom is -0.456 e. The topological polar surface area (TPSA) is 51.8 Å². The second-order valence-electron chi connectivity index (χ2n) is 13.1. The van der Waals surface area contributed by atoms with Gasteiger partial charge in [-0.05, 0) is 90.9 Å². The van der Waals surface area contributed by atoms with E-state index in [9.17, 15) is 4.11 Å². The van der Waals surface area contributed by atoms with Crippen molar-refractivity contribution in [3.05, 3.63) is 188 Å². The van der Waals surface area contributed by atoms with E-state index in [1.807, 2.05) is 103 Å². The normalized spacial score (nSPS) is 14.4. The van der Waals surface area contributed by atoms with Crippen LogP contribution in [-0.2, 0) is 0 Å². The highest BCUT2D eigenvalue weighted by atomic mass is 16.3. The van der Waals surface area contributed by atoms with Crippen molar-refractivity contribution in [2.45, 2.75) is 0 Å². The van der Waals surface area contributed by atoms with Crippen LogP contribution >= 0.6 is 0 Å². The second kappa shape index (κ2) is 12.6. The van der Waals surface area contributed by atoms with Gasteiger partial charge in [0.25, 0.3) is 0 Å². The lowest BCUT2D eigenvalue weighted by molar-refractivity contribution is 0.669. The summed E-state index contributed by atoms with van der Waals surface area (Å²) in [4.78, 5) is 14.8. The van der Waals surface area contributed by atoms with Crippen LogP contribution in [0.2, 0.25) is 0 Å². The molecule has 11 aromatic rings. The lowest BCUT2D eigenvalue weighted by Crippen LogP contribution is -2.00. The number of hydrogen-bond donors (Lipinski definition) is 0. The SMILES string of the molecule is [2H]c1c([2H])c([2H])c2c(c1[2H])c1c([2H])c([2H])c([2H])c([2H])c1c1c([2H])c(-c3cccc(-c4cccc(-c5nc(-c6ccccc6)nc(-c6ccc7c(c6)oc6ccccc67)n5)c4)c3)c([2H])c([2H])c21. The molecule has 4 heteroatoms. The molecule has 0 unspecified atom stereocenters. The van der Waals surface area contributed by atoms with E-state index < -0.39 is 54.4 Å². The van der Waals surface area contributed by atoms with E-state index in [0.717, 1.165) is 33.0 Å². The van der Waals surface area contributed by atoms with Crippen LogP contribution in [0.3, 0.4) is 0 Å². The molecule has 11 rings (SSSR count). The van der Waals surface area contributed by atoms with Crippen molar-refractivity contribution in [2.24, 2.45) is 0 Å². The first-order valence-electron chi connectivity index (χ1n) is 23.1. The largest absolute Gasteiger partial charge is 0.456 e. The molecule has 0 bridgehead atoms. The summed E-state index contributed by atoms with van der Waals surface area (Å²) in [7, 11) is 0. The van der Waals surface area contributed by atoms with Crippen LogP contribution in [0.4, 0.5) is 0 Å². The zero-order valence-electron chi connectivity index (χ0n) is 39.8. The molecule has 0 spiro atoms. The van der Waals surface area contributed by atoms with Crippen LogP contribution in [0.1, 0.15) is 15.1 Å². The van der Waals surface area contributed by atoms with E-state index in [4.69, 9.17) is 30.3 Å². The number of para-hydroxylation sites is 1. The molecule has 0 N–H and O–H groups in total. The Labute approximate surface area is 332 Å². The fourth-order valence-electron chi connectivity index (χ4n) is 7.21. The van der Waals surface area contributed by atoms with Crippen LogP contribution < -0.4 is 0 Å². The number of rotatable bonds is 5. The Morgan fingerprint density at radius 2 is 0.818 bits per heavy atom. The molecule has 9 aromatic carbocycles.